The Morgan fingerprint density at radius 2 is 1.62 bits per heavy atom. The number of halogens is 1. The summed E-state index contributed by atoms with van der Waals surface area (Å²) < 4.78 is 6.32. The van der Waals surface area contributed by atoms with Crippen LogP contribution in [0.15, 0.2) is 53.0 Å². The zero-order valence-corrected chi connectivity index (χ0v) is 14.2. The Hall–Kier alpha value is -1.32. The smallest absolute Gasteiger partial charge is 0.118 e. The lowest BCUT2D eigenvalue weighted by atomic mass is 9.99. The number of aryl methyl sites for hydroxylation is 1. The first-order chi connectivity index (χ1) is 10.2. The Morgan fingerprint density at radius 1 is 1.00 bits per heavy atom. The van der Waals surface area contributed by atoms with Crippen molar-refractivity contribution in [1.29, 1.82) is 0 Å². The number of methoxy groups -OCH3 is 1. The molecule has 0 aliphatic rings. The third-order valence-electron chi connectivity index (χ3n) is 3.74. The molecule has 1 atom stereocenters. The minimum atomic E-state index is 0.494. The van der Waals surface area contributed by atoms with E-state index in [0.29, 0.717) is 6.04 Å². The van der Waals surface area contributed by atoms with Crippen LogP contribution < -0.4 is 10.1 Å². The lowest BCUT2D eigenvalue weighted by Crippen LogP contribution is -2.28. The highest BCUT2D eigenvalue weighted by molar-refractivity contribution is 9.10. The van der Waals surface area contributed by atoms with Gasteiger partial charge in [-0.05, 0) is 61.7 Å². The first-order valence-corrected chi connectivity index (χ1v) is 8.05. The van der Waals surface area contributed by atoms with Gasteiger partial charge in [0, 0.05) is 10.5 Å². The van der Waals surface area contributed by atoms with Gasteiger partial charge in [-0.25, -0.2) is 0 Å². The molecule has 0 saturated heterocycles. The summed E-state index contributed by atoms with van der Waals surface area (Å²) in [5.41, 5.74) is 2.72. The zero-order valence-electron chi connectivity index (χ0n) is 12.6. The maximum absolute atomic E-state index is 5.19. The van der Waals surface area contributed by atoms with Crippen LogP contribution in [0.2, 0.25) is 0 Å². The molecule has 0 heterocycles. The SMILES string of the molecule is CNC(CCc1ccc(OC)cc1)Cc1ccc(Br)cc1. The Bertz CT molecular complexity index is 536. The van der Waals surface area contributed by atoms with Crippen LogP contribution >= 0.6 is 15.9 Å². The molecule has 0 aliphatic carbocycles. The average molecular weight is 348 g/mol. The largest absolute Gasteiger partial charge is 0.497 e. The Kier molecular flexibility index (Phi) is 6.27. The van der Waals surface area contributed by atoms with Crippen molar-refractivity contribution < 1.29 is 4.74 Å². The zero-order chi connectivity index (χ0) is 15.1. The molecule has 1 unspecified atom stereocenters. The third-order valence-corrected chi connectivity index (χ3v) is 4.27. The molecule has 21 heavy (non-hydrogen) atoms. The highest BCUT2D eigenvalue weighted by atomic mass is 79.9. The van der Waals surface area contributed by atoms with Gasteiger partial charge in [0.25, 0.3) is 0 Å². The number of likely N-dealkylation sites (N-methyl/N-ethyl adjacent to an activating group) is 1. The minimum Gasteiger partial charge on any atom is -0.497 e. The molecule has 0 spiro atoms. The topological polar surface area (TPSA) is 21.3 Å². The standard InChI is InChI=1S/C18H22BrNO/c1-20-17(13-15-3-8-16(19)9-4-15)10-5-14-6-11-18(21-2)12-7-14/h3-4,6-9,11-12,17,20H,5,10,13H2,1-2H3. The lowest BCUT2D eigenvalue weighted by Gasteiger charge is -2.16. The van der Waals surface area contributed by atoms with Gasteiger partial charge in [0.1, 0.15) is 5.75 Å². The highest BCUT2D eigenvalue weighted by Crippen LogP contribution is 2.16. The predicted molar refractivity (Wildman–Crippen MR) is 92.0 cm³/mol. The molecule has 0 aliphatic heterocycles. The first-order valence-electron chi connectivity index (χ1n) is 7.26. The minimum absolute atomic E-state index is 0.494. The van der Waals surface area contributed by atoms with Crippen molar-refractivity contribution in [2.75, 3.05) is 14.2 Å². The number of hydrogen-bond acceptors (Lipinski definition) is 2. The summed E-state index contributed by atoms with van der Waals surface area (Å²) in [6, 6.07) is 17.4. The van der Waals surface area contributed by atoms with Gasteiger partial charge in [0.05, 0.1) is 7.11 Å². The Labute approximate surface area is 135 Å². The summed E-state index contributed by atoms with van der Waals surface area (Å²) in [7, 11) is 3.74. The molecule has 3 heteroatoms. The lowest BCUT2D eigenvalue weighted by molar-refractivity contribution is 0.414. The molecule has 2 nitrogen and oxygen atoms in total. The van der Waals surface area contributed by atoms with Gasteiger partial charge < -0.3 is 10.1 Å². The van der Waals surface area contributed by atoms with Gasteiger partial charge in [-0.2, -0.15) is 0 Å². The number of nitrogens with one attached hydrogen (secondary N) is 1. The van der Waals surface area contributed by atoms with Crippen molar-refractivity contribution >= 4 is 15.9 Å². The van der Waals surface area contributed by atoms with Crippen molar-refractivity contribution in [3.05, 3.63) is 64.1 Å². The summed E-state index contributed by atoms with van der Waals surface area (Å²) in [5, 5.41) is 3.42. The second-order valence-corrected chi connectivity index (χ2v) is 6.12. The fourth-order valence-corrected chi connectivity index (χ4v) is 2.65. The van der Waals surface area contributed by atoms with E-state index in [1.165, 1.54) is 11.1 Å². The van der Waals surface area contributed by atoms with Crippen molar-refractivity contribution in [1.82, 2.24) is 5.32 Å². The van der Waals surface area contributed by atoms with Crippen LogP contribution in [0.3, 0.4) is 0 Å². The number of hydrogen-bond donors (Lipinski definition) is 1. The van der Waals surface area contributed by atoms with Crippen LogP contribution in [0.25, 0.3) is 0 Å². The molecule has 0 fully saturated rings. The first kappa shape index (κ1) is 16.1. The molecular formula is C18H22BrNO. The molecule has 0 aromatic heterocycles. The second kappa shape index (κ2) is 8.20. The van der Waals surface area contributed by atoms with Crippen LogP contribution in [-0.2, 0) is 12.8 Å². The third kappa shape index (κ3) is 5.18. The average Bonchev–Trinajstić information content (AvgIpc) is 2.53. The summed E-state index contributed by atoms with van der Waals surface area (Å²) in [4.78, 5) is 0. The van der Waals surface area contributed by atoms with Crippen LogP contribution in [0.5, 0.6) is 5.75 Å². The summed E-state index contributed by atoms with van der Waals surface area (Å²) in [5.74, 6) is 0.916. The summed E-state index contributed by atoms with van der Waals surface area (Å²) in [6.45, 7) is 0. The van der Waals surface area contributed by atoms with Crippen molar-refractivity contribution in [3.63, 3.8) is 0 Å². The fraction of sp³-hybridized carbons (Fsp3) is 0.333. The van der Waals surface area contributed by atoms with Crippen LogP contribution in [0.4, 0.5) is 0 Å². The van der Waals surface area contributed by atoms with Gasteiger partial charge >= 0.3 is 0 Å². The monoisotopic (exact) mass is 347 g/mol. The summed E-state index contributed by atoms with van der Waals surface area (Å²) in [6.07, 6.45) is 3.25. The van der Waals surface area contributed by atoms with Crippen LogP contribution in [0.1, 0.15) is 17.5 Å². The molecule has 0 amide bonds. The van der Waals surface area contributed by atoms with E-state index < -0.39 is 0 Å². The van der Waals surface area contributed by atoms with Gasteiger partial charge in [-0.15, -0.1) is 0 Å². The van der Waals surface area contributed by atoms with E-state index in [4.69, 9.17) is 4.74 Å². The van der Waals surface area contributed by atoms with Gasteiger partial charge in [-0.3, -0.25) is 0 Å². The maximum atomic E-state index is 5.19. The van der Waals surface area contributed by atoms with E-state index in [0.717, 1.165) is 29.5 Å². The molecule has 0 radical (unpaired) electrons. The molecule has 2 aromatic carbocycles. The van der Waals surface area contributed by atoms with Crippen LogP contribution in [0, 0.1) is 0 Å². The van der Waals surface area contributed by atoms with E-state index in [-0.39, 0.29) is 0 Å². The Morgan fingerprint density at radius 3 is 2.19 bits per heavy atom. The van der Waals surface area contributed by atoms with Crippen LogP contribution in [-0.4, -0.2) is 20.2 Å². The van der Waals surface area contributed by atoms with E-state index in [9.17, 15) is 0 Å². The number of benzene rings is 2. The van der Waals surface area contributed by atoms with Gasteiger partial charge in [-0.1, -0.05) is 40.2 Å². The summed E-state index contributed by atoms with van der Waals surface area (Å²) >= 11 is 3.48. The quantitative estimate of drug-likeness (QED) is 0.809. The van der Waals surface area contributed by atoms with E-state index >= 15 is 0 Å². The van der Waals surface area contributed by atoms with Gasteiger partial charge in [0.2, 0.25) is 0 Å². The predicted octanol–water partition coefficient (Wildman–Crippen LogP) is 4.22. The van der Waals surface area contributed by atoms with E-state index in [1.807, 2.05) is 19.2 Å². The normalized spacial score (nSPS) is 12.1. The van der Waals surface area contributed by atoms with E-state index in [1.54, 1.807) is 7.11 Å². The molecular weight excluding hydrogens is 326 g/mol. The highest BCUT2D eigenvalue weighted by Gasteiger charge is 2.08. The number of ether oxygens (including phenoxy) is 1. The molecule has 0 bridgehead atoms. The van der Waals surface area contributed by atoms with Gasteiger partial charge in [0.15, 0.2) is 0 Å². The van der Waals surface area contributed by atoms with Crippen molar-refractivity contribution in [2.45, 2.75) is 25.3 Å². The fourth-order valence-electron chi connectivity index (χ4n) is 2.39. The van der Waals surface area contributed by atoms with Crippen molar-refractivity contribution in [2.24, 2.45) is 0 Å². The van der Waals surface area contributed by atoms with Crippen molar-refractivity contribution in [3.8, 4) is 5.75 Å². The Balaban J connectivity index is 1.88. The molecule has 2 rings (SSSR count). The maximum Gasteiger partial charge on any atom is 0.118 e. The molecule has 2 aromatic rings. The molecule has 0 saturated carbocycles. The molecule has 112 valence electrons. The number of rotatable bonds is 7. The second-order valence-electron chi connectivity index (χ2n) is 5.20. The van der Waals surface area contributed by atoms with E-state index in [2.05, 4.69) is 57.6 Å². The molecule has 1 N–H and O–H groups in total.